The van der Waals surface area contributed by atoms with Gasteiger partial charge < -0.3 is 18.6 Å². The molecule has 0 fully saturated rings. The first-order valence-corrected chi connectivity index (χ1v) is 9.68. The van der Waals surface area contributed by atoms with Gasteiger partial charge in [0.2, 0.25) is 0 Å². The number of methoxy groups -OCH3 is 1. The number of fused-ring (bicyclic) bond motifs is 3. The van der Waals surface area contributed by atoms with Crippen LogP contribution < -0.4 is 9.47 Å². The lowest BCUT2D eigenvalue weighted by Gasteiger charge is -2.09. The molecule has 0 saturated heterocycles. The minimum Gasteiger partial charge on any atom is -0.482 e. The van der Waals surface area contributed by atoms with E-state index in [4.69, 9.17) is 18.6 Å². The van der Waals surface area contributed by atoms with Gasteiger partial charge in [0.1, 0.15) is 22.8 Å². The Morgan fingerprint density at radius 1 is 1.04 bits per heavy atom. The maximum atomic E-state index is 12.1. The lowest BCUT2D eigenvalue weighted by molar-refractivity contribution is -0.136. The van der Waals surface area contributed by atoms with E-state index in [1.165, 1.54) is 18.4 Å². The molecule has 0 unspecified atom stereocenters. The molecular formula is C23H24O5. The molecule has 28 heavy (non-hydrogen) atoms. The first-order chi connectivity index (χ1) is 13.7. The SMILES string of the molecule is COCCc1ccc(OC(=O)COc2ccc3oc4c(c3c2)CCCC4)cc1. The van der Waals surface area contributed by atoms with Crippen molar-refractivity contribution in [3.63, 3.8) is 0 Å². The van der Waals surface area contributed by atoms with E-state index in [0.29, 0.717) is 18.1 Å². The number of ether oxygens (including phenoxy) is 3. The average molecular weight is 380 g/mol. The van der Waals surface area contributed by atoms with E-state index in [1.54, 1.807) is 19.2 Å². The fourth-order valence-electron chi connectivity index (χ4n) is 3.58. The average Bonchev–Trinajstić information content (AvgIpc) is 3.10. The Hall–Kier alpha value is -2.79. The normalized spacial score (nSPS) is 13.3. The van der Waals surface area contributed by atoms with Crippen LogP contribution in [-0.4, -0.2) is 26.3 Å². The van der Waals surface area contributed by atoms with Crippen LogP contribution in [0.25, 0.3) is 11.0 Å². The lowest BCUT2D eigenvalue weighted by atomic mass is 9.96. The van der Waals surface area contributed by atoms with Gasteiger partial charge in [0.25, 0.3) is 0 Å². The maximum absolute atomic E-state index is 12.1. The molecule has 0 saturated carbocycles. The summed E-state index contributed by atoms with van der Waals surface area (Å²) >= 11 is 0. The molecule has 3 aromatic rings. The number of hydrogen-bond donors (Lipinski definition) is 0. The topological polar surface area (TPSA) is 57.9 Å². The predicted molar refractivity (Wildman–Crippen MR) is 106 cm³/mol. The number of furan rings is 1. The second kappa shape index (κ2) is 8.48. The zero-order chi connectivity index (χ0) is 19.3. The minimum atomic E-state index is -0.432. The summed E-state index contributed by atoms with van der Waals surface area (Å²) in [7, 11) is 1.68. The van der Waals surface area contributed by atoms with Gasteiger partial charge in [0.05, 0.1) is 6.61 Å². The smallest absolute Gasteiger partial charge is 0.349 e. The number of carbonyl (C=O) groups is 1. The molecule has 4 rings (SSSR count). The number of hydrogen-bond acceptors (Lipinski definition) is 5. The molecule has 0 bridgehead atoms. The highest BCUT2D eigenvalue weighted by Crippen LogP contribution is 2.33. The second-order valence-corrected chi connectivity index (χ2v) is 7.02. The highest BCUT2D eigenvalue weighted by molar-refractivity contribution is 5.84. The third-order valence-electron chi connectivity index (χ3n) is 5.03. The van der Waals surface area contributed by atoms with E-state index < -0.39 is 5.97 Å². The van der Waals surface area contributed by atoms with Crippen molar-refractivity contribution in [1.29, 1.82) is 0 Å². The molecule has 0 N–H and O–H groups in total. The van der Waals surface area contributed by atoms with E-state index in [0.717, 1.165) is 41.6 Å². The molecule has 1 aliphatic rings. The van der Waals surface area contributed by atoms with Gasteiger partial charge in [-0.1, -0.05) is 12.1 Å². The van der Waals surface area contributed by atoms with Crippen LogP contribution >= 0.6 is 0 Å². The van der Waals surface area contributed by atoms with Crippen LogP contribution in [0.4, 0.5) is 0 Å². The summed E-state index contributed by atoms with van der Waals surface area (Å²) in [6.45, 7) is 0.522. The fraction of sp³-hybridized carbons (Fsp3) is 0.348. The van der Waals surface area contributed by atoms with E-state index in [2.05, 4.69) is 0 Å². The van der Waals surface area contributed by atoms with Gasteiger partial charge in [0.15, 0.2) is 6.61 Å². The number of rotatable bonds is 7. The van der Waals surface area contributed by atoms with Crippen molar-refractivity contribution >= 4 is 16.9 Å². The lowest BCUT2D eigenvalue weighted by Crippen LogP contribution is -2.17. The number of benzene rings is 2. The molecule has 0 atom stereocenters. The highest BCUT2D eigenvalue weighted by atomic mass is 16.6. The molecule has 1 aliphatic carbocycles. The summed E-state index contributed by atoms with van der Waals surface area (Å²) in [5.74, 6) is 1.81. The number of carbonyl (C=O) groups excluding carboxylic acids is 1. The van der Waals surface area contributed by atoms with Crippen LogP contribution in [0.2, 0.25) is 0 Å². The monoisotopic (exact) mass is 380 g/mol. The highest BCUT2D eigenvalue weighted by Gasteiger charge is 2.18. The van der Waals surface area contributed by atoms with Gasteiger partial charge in [0, 0.05) is 24.5 Å². The molecule has 0 aliphatic heterocycles. The summed E-state index contributed by atoms with van der Waals surface area (Å²) in [4.78, 5) is 12.1. The largest absolute Gasteiger partial charge is 0.482 e. The fourth-order valence-corrected chi connectivity index (χ4v) is 3.58. The van der Waals surface area contributed by atoms with Crippen molar-refractivity contribution in [3.8, 4) is 11.5 Å². The van der Waals surface area contributed by atoms with Crippen molar-refractivity contribution in [2.45, 2.75) is 32.1 Å². The summed E-state index contributed by atoms with van der Waals surface area (Å²) in [6.07, 6.45) is 5.22. The number of esters is 1. The van der Waals surface area contributed by atoms with Gasteiger partial charge in [-0.2, -0.15) is 0 Å². The third-order valence-corrected chi connectivity index (χ3v) is 5.03. The molecular weight excluding hydrogens is 356 g/mol. The third kappa shape index (κ3) is 4.20. The Bertz CT molecular complexity index is 955. The molecule has 0 amide bonds. The zero-order valence-electron chi connectivity index (χ0n) is 16.0. The van der Waals surface area contributed by atoms with Crippen LogP contribution in [0.3, 0.4) is 0 Å². The van der Waals surface area contributed by atoms with E-state index >= 15 is 0 Å². The molecule has 1 aromatic heterocycles. The van der Waals surface area contributed by atoms with Crippen molar-refractivity contribution in [3.05, 3.63) is 59.4 Å². The molecule has 2 aromatic carbocycles. The van der Waals surface area contributed by atoms with Crippen LogP contribution in [0.1, 0.15) is 29.7 Å². The first kappa shape index (κ1) is 18.6. The Balaban J connectivity index is 1.35. The van der Waals surface area contributed by atoms with Crippen molar-refractivity contribution in [2.24, 2.45) is 0 Å². The maximum Gasteiger partial charge on any atom is 0.349 e. The van der Waals surface area contributed by atoms with Crippen molar-refractivity contribution < 1.29 is 23.4 Å². The molecule has 146 valence electrons. The Labute approximate surface area is 164 Å². The van der Waals surface area contributed by atoms with Gasteiger partial charge in [-0.3, -0.25) is 0 Å². The molecule has 5 nitrogen and oxygen atoms in total. The summed E-state index contributed by atoms with van der Waals surface area (Å²) in [6, 6.07) is 13.1. The van der Waals surface area contributed by atoms with Crippen molar-refractivity contribution in [2.75, 3.05) is 20.3 Å². The van der Waals surface area contributed by atoms with Crippen LogP contribution in [0.5, 0.6) is 11.5 Å². The minimum absolute atomic E-state index is 0.142. The Morgan fingerprint density at radius 3 is 2.64 bits per heavy atom. The first-order valence-electron chi connectivity index (χ1n) is 9.68. The van der Waals surface area contributed by atoms with E-state index in [9.17, 15) is 4.79 Å². The molecule has 5 heteroatoms. The van der Waals surface area contributed by atoms with Gasteiger partial charge >= 0.3 is 5.97 Å². The van der Waals surface area contributed by atoms with Crippen LogP contribution in [-0.2, 0) is 28.8 Å². The van der Waals surface area contributed by atoms with Crippen molar-refractivity contribution in [1.82, 2.24) is 0 Å². The second-order valence-electron chi connectivity index (χ2n) is 7.02. The number of aryl methyl sites for hydroxylation is 2. The van der Waals surface area contributed by atoms with Gasteiger partial charge in [-0.15, -0.1) is 0 Å². The van der Waals surface area contributed by atoms with Crippen LogP contribution in [0, 0.1) is 0 Å². The summed E-state index contributed by atoms with van der Waals surface area (Å²) < 4.78 is 22.0. The van der Waals surface area contributed by atoms with Gasteiger partial charge in [-0.05, 0) is 61.6 Å². The molecule has 1 heterocycles. The zero-order valence-corrected chi connectivity index (χ0v) is 16.0. The quantitative estimate of drug-likeness (QED) is 0.447. The van der Waals surface area contributed by atoms with Crippen LogP contribution in [0.15, 0.2) is 46.9 Å². The van der Waals surface area contributed by atoms with E-state index in [1.807, 2.05) is 30.3 Å². The summed E-state index contributed by atoms with van der Waals surface area (Å²) in [5.41, 5.74) is 3.30. The Kier molecular flexibility index (Phi) is 5.63. The molecule has 0 spiro atoms. The molecule has 0 radical (unpaired) electrons. The van der Waals surface area contributed by atoms with E-state index in [-0.39, 0.29) is 6.61 Å². The Morgan fingerprint density at radius 2 is 1.82 bits per heavy atom. The summed E-state index contributed by atoms with van der Waals surface area (Å²) in [5, 5.41) is 1.09. The standard InChI is InChI=1S/C23H24O5/c1-25-13-12-16-6-8-17(9-7-16)27-23(24)15-26-18-10-11-22-20(14-18)19-4-2-3-5-21(19)28-22/h6-11,14H,2-5,12-13,15H2,1H3. The predicted octanol–water partition coefficient (Wildman–Crippen LogP) is 4.48. The van der Waals surface area contributed by atoms with Gasteiger partial charge in [-0.25, -0.2) is 4.79 Å².